The van der Waals surface area contributed by atoms with Crippen LogP contribution in [0.2, 0.25) is 0 Å². The number of hydrogen-bond donors (Lipinski definition) is 0. The van der Waals surface area contributed by atoms with Gasteiger partial charge in [0.05, 0.1) is 24.7 Å². The Morgan fingerprint density at radius 1 is 1.28 bits per heavy atom. The minimum Gasteiger partial charge on any atom is -0.492 e. The van der Waals surface area contributed by atoms with Gasteiger partial charge in [-0.3, -0.25) is 4.90 Å². The Balaban J connectivity index is 1.59. The van der Waals surface area contributed by atoms with Gasteiger partial charge in [-0.25, -0.2) is 4.79 Å². The van der Waals surface area contributed by atoms with Crippen molar-refractivity contribution in [1.29, 1.82) is 0 Å². The van der Waals surface area contributed by atoms with Crippen LogP contribution < -0.4 is 0 Å². The molecule has 0 aromatic carbocycles. The van der Waals surface area contributed by atoms with Crippen molar-refractivity contribution in [3.63, 3.8) is 0 Å². The minimum absolute atomic E-state index is 0.132. The lowest BCUT2D eigenvalue weighted by Crippen LogP contribution is -2.49. The van der Waals surface area contributed by atoms with Crippen molar-refractivity contribution in [2.75, 3.05) is 20.2 Å². The lowest BCUT2D eigenvalue weighted by molar-refractivity contribution is -0.210. The molecule has 0 aliphatic carbocycles. The topological polar surface area (TPSA) is 57.2 Å². The highest BCUT2D eigenvalue weighted by Crippen LogP contribution is 2.59. The molecular weight excluding hydrogens is 322 g/mol. The van der Waals surface area contributed by atoms with Gasteiger partial charge in [0.25, 0.3) is 0 Å². The summed E-state index contributed by atoms with van der Waals surface area (Å²) in [4.78, 5) is 14.6. The molecular formula is C19H25NO5. The predicted octanol–water partition coefficient (Wildman–Crippen LogP) is 2.31. The lowest BCUT2D eigenvalue weighted by Gasteiger charge is -2.39. The first kappa shape index (κ1) is 15.7. The number of carbonyl (C=O) groups excluding carboxylic acids is 1. The first-order chi connectivity index (χ1) is 12.1. The average Bonchev–Trinajstić information content (AvgIpc) is 3.11. The summed E-state index contributed by atoms with van der Waals surface area (Å²) in [5.41, 5.74) is 0.497. The van der Waals surface area contributed by atoms with Crippen molar-refractivity contribution in [3.8, 4) is 0 Å². The van der Waals surface area contributed by atoms with Crippen LogP contribution in [0, 0.1) is 11.8 Å². The Bertz CT molecular complexity index is 692. The van der Waals surface area contributed by atoms with Crippen LogP contribution in [-0.4, -0.2) is 49.0 Å². The molecule has 5 aliphatic rings. The van der Waals surface area contributed by atoms with E-state index in [1.807, 2.05) is 0 Å². The third-order valence-corrected chi connectivity index (χ3v) is 6.64. The number of esters is 1. The van der Waals surface area contributed by atoms with E-state index in [9.17, 15) is 4.79 Å². The Hall–Kier alpha value is -1.53. The molecule has 0 radical (unpaired) electrons. The van der Waals surface area contributed by atoms with Gasteiger partial charge in [0.1, 0.15) is 5.76 Å². The predicted molar refractivity (Wildman–Crippen MR) is 88.0 cm³/mol. The smallest absolute Gasteiger partial charge is 0.343 e. The molecule has 5 rings (SSSR count). The van der Waals surface area contributed by atoms with Gasteiger partial charge in [-0.05, 0) is 39.3 Å². The van der Waals surface area contributed by atoms with E-state index < -0.39 is 5.79 Å². The summed E-state index contributed by atoms with van der Waals surface area (Å²) in [5, 5.41) is 0. The molecule has 4 saturated heterocycles. The second kappa shape index (κ2) is 5.24. The van der Waals surface area contributed by atoms with E-state index in [0.717, 1.165) is 38.1 Å². The van der Waals surface area contributed by atoms with Crippen LogP contribution >= 0.6 is 0 Å². The molecule has 2 bridgehead atoms. The maximum Gasteiger partial charge on any atom is 0.343 e. The van der Waals surface area contributed by atoms with Gasteiger partial charge in [-0.1, -0.05) is 6.92 Å². The van der Waals surface area contributed by atoms with Crippen LogP contribution in [0.5, 0.6) is 0 Å². The summed E-state index contributed by atoms with van der Waals surface area (Å²) in [6.45, 7) is 6.17. The molecule has 4 fully saturated rings. The van der Waals surface area contributed by atoms with E-state index in [1.54, 1.807) is 14.0 Å². The number of allylic oxidation sites excluding steroid dienone is 1. The van der Waals surface area contributed by atoms with Gasteiger partial charge in [-0.15, -0.1) is 0 Å². The Morgan fingerprint density at radius 3 is 2.88 bits per heavy atom. The molecule has 0 spiro atoms. The monoisotopic (exact) mass is 347 g/mol. The summed E-state index contributed by atoms with van der Waals surface area (Å²) < 4.78 is 24.0. The van der Waals surface area contributed by atoms with E-state index in [2.05, 4.69) is 11.8 Å². The molecule has 0 amide bonds. The summed E-state index contributed by atoms with van der Waals surface area (Å²) in [5.74, 6) is 1.15. The fraction of sp³-hybridized carbons (Fsp3) is 0.737. The summed E-state index contributed by atoms with van der Waals surface area (Å²) in [6, 6.07) is 0.400. The van der Waals surface area contributed by atoms with E-state index in [4.69, 9.17) is 18.9 Å². The molecule has 5 atom stereocenters. The van der Waals surface area contributed by atoms with Crippen LogP contribution in [0.15, 0.2) is 22.9 Å². The van der Waals surface area contributed by atoms with Gasteiger partial charge in [0.2, 0.25) is 11.5 Å². The molecule has 5 aliphatic heterocycles. The normalized spacial score (nSPS) is 46.0. The zero-order chi connectivity index (χ0) is 17.3. The van der Waals surface area contributed by atoms with Gasteiger partial charge >= 0.3 is 5.97 Å². The Morgan fingerprint density at radius 2 is 2.08 bits per heavy atom. The van der Waals surface area contributed by atoms with Gasteiger partial charge in [0.15, 0.2) is 5.76 Å². The SMILES string of the molecule is COC1=C(C)C(=O)OC1=C1O[C@]23CCCN4CCC[C@@H](O2)[C@H]4[C@H]3[C@@H]1C. The zero-order valence-electron chi connectivity index (χ0n) is 15.0. The van der Waals surface area contributed by atoms with E-state index in [-0.39, 0.29) is 23.9 Å². The highest BCUT2D eigenvalue weighted by molar-refractivity contribution is 5.93. The van der Waals surface area contributed by atoms with Crippen LogP contribution in [0.25, 0.3) is 0 Å². The Kier molecular flexibility index (Phi) is 3.29. The number of methoxy groups -OCH3 is 1. The first-order valence-electron chi connectivity index (χ1n) is 9.38. The summed E-state index contributed by atoms with van der Waals surface area (Å²) >= 11 is 0. The van der Waals surface area contributed by atoms with Crippen LogP contribution in [-0.2, 0) is 23.7 Å². The van der Waals surface area contributed by atoms with E-state index in [0.29, 0.717) is 23.1 Å². The Labute approximate surface area is 147 Å². The number of ether oxygens (including phenoxy) is 4. The molecule has 0 saturated carbocycles. The molecule has 25 heavy (non-hydrogen) atoms. The van der Waals surface area contributed by atoms with E-state index in [1.165, 1.54) is 6.42 Å². The number of rotatable bonds is 1. The third kappa shape index (κ3) is 1.95. The molecule has 136 valence electrons. The quantitative estimate of drug-likeness (QED) is 0.679. The molecule has 5 heterocycles. The van der Waals surface area contributed by atoms with Gasteiger partial charge in [0, 0.05) is 18.4 Å². The van der Waals surface area contributed by atoms with Crippen molar-refractivity contribution >= 4 is 5.97 Å². The molecule has 0 unspecified atom stereocenters. The van der Waals surface area contributed by atoms with E-state index >= 15 is 0 Å². The van der Waals surface area contributed by atoms with Gasteiger partial charge in [-0.2, -0.15) is 0 Å². The number of nitrogens with zero attached hydrogens (tertiary/aromatic N) is 1. The van der Waals surface area contributed by atoms with Crippen molar-refractivity contribution in [3.05, 3.63) is 22.9 Å². The lowest BCUT2D eigenvalue weighted by atomic mass is 9.79. The summed E-state index contributed by atoms with van der Waals surface area (Å²) in [6.07, 6.45) is 4.53. The van der Waals surface area contributed by atoms with Crippen LogP contribution in [0.4, 0.5) is 0 Å². The number of hydrogen-bond acceptors (Lipinski definition) is 6. The molecule has 0 aromatic heterocycles. The zero-order valence-corrected chi connectivity index (χ0v) is 15.0. The van der Waals surface area contributed by atoms with Crippen molar-refractivity contribution in [2.24, 2.45) is 11.8 Å². The van der Waals surface area contributed by atoms with Crippen LogP contribution in [0.3, 0.4) is 0 Å². The highest BCUT2D eigenvalue weighted by atomic mass is 16.7. The molecule has 0 aromatic rings. The maximum atomic E-state index is 12.0. The number of carbonyl (C=O) groups is 1. The molecule has 6 heteroatoms. The second-order valence-electron chi connectivity index (χ2n) is 7.90. The highest BCUT2D eigenvalue weighted by Gasteiger charge is 2.67. The summed E-state index contributed by atoms with van der Waals surface area (Å²) in [7, 11) is 1.57. The fourth-order valence-electron chi connectivity index (χ4n) is 5.65. The van der Waals surface area contributed by atoms with Crippen molar-refractivity contribution in [2.45, 2.75) is 57.5 Å². The standard InChI is InChI=1S/C19H25NO5/c1-10-13-14-12-6-4-8-20(14)9-5-7-19(13,24-12)25-16(10)17-15(22-3)11(2)18(21)23-17/h10,12-14H,4-9H2,1-3H3/t10-,12+,13+,14-,19-/m0/s1. The van der Waals surface area contributed by atoms with Crippen molar-refractivity contribution in [1.82, 2.24) is 4.90 Å². The second-order valence-corrected chi connectivity index (χ2v) is 7.90. The third-order valence-electron chi connectivity index (χ3n) is 6.64. The maximum absolute atomic E-state index is 12.0. The largest absolute Gasteiger partial charge is 0.492 e. The first-order valence-corrected chi connectivity index (χ1v) is 9.38. The molecule has 6 nitrogen and oxygen atoms in total. The van der Waals surface area contributed by atoms with Crippen molar-refractivity contribution < 1.29 is 23.7 Å². The van der Waals surface area contributed by atoms with Gasteiger partial charge < -0.3 is 18.9 Å². The minimum atomic E-state index is -0.572. The number of piperidine rings is 1. The number of cyclic esters (lactones) is 1. The van der Waals surface area contributed by atoms with Crippen LogP contribution in [0.1, 0.15) is 39.5 Å². The average molecular weight is 347 g/mol. The fourth-order valence-corrected chi connectivity index (χ4v) is 5.65. The molecule has 0 N–H and O–H groups in total.